The molecule has 0 saturated carbocycles. The number of carbonyl (C=O) groups excluding carboxylic acids is 1. The number of hydrogen-bond acceptors (Lipinski definition) is 5. The van der Waals surface area contributed by atoms with Crippen molar-refractivity contribution in [2.75, 3.05) is 19.7 Å². The molecule has 2 aromatic heterocycles. The van der Waals surface area contributed by atoms with E-state index < -0.39 is 0 Å². The summed E-state index contributed by atoms with van der Waals surface area (Å²) in [4.78, 5) is 22.8. The molecule has 0 aliphatic carbocycles. The van der Waals surface area contributed by atoms with Crippen LogP contribution in [0.1, 0.15) is 33.9 Å². The minimum atomic E-state index is -0.294. The predicted octanol–water partition coefficient (Wildman–Crippen LogP) is 1.03. The van der Waals surface area contributed by atoms with Crippen LogP contribution in [0.15, 0.2) is 18.2 Å². The first-order valence-corrected chi connectivity index (χ1v) is 6.87. The molecule has 1 aliphatic rings. The van der Waals surface area contributed by atoms with Gasteiger partial charge in [-0.25, -0.2) is 9.97 Å². The van der Waals surface area contributed by atoms with Crippen LogP contribution in [0.2, 0.25) is 0 Å². The van der Waals surface area contributed by atoms with Crippen molar-refractivity contribution < 1.29 is 9.53 Å². The minimum absolute atomic E-state index is 0.0840. The molecule has 2 aromatic rings. The topological polar surface area (TPSA) is 84.0 Å². The smallest absolute Gasteiger partial charge is 0.272 e. The first-order chi connectivity index (χ1) is 10.1. The molecule has 0 bridgehead atoms. The summed E-state index contributed by atoms with van der Waals surface area (Å²) in [7, 11) is 0. The van der Waals surface area contributed by atoms with Gasteiger partial charge < -0.3 is 9.64 Å². The molecule has 1 saturated heterocycles. The Labute approximate surface area is 122 Å². The molecule has 0 radical (unpaired) electrons. The zero-order valence-electron chi connectivity index (χ0n) is 12.0. The molecule has 0 unspecified atom stereocenters. The number of amides is 1. The molecule has 0 spiro atoms. The number of aromatic amines is 1. The molecule has 0 aromatic carbocycles. The molecule has 21 heavy (non-hydrogen) atoms. The lowest BCUT2D eigenvalue weighted by atomic mass is 10.2. The molecule has 1 fully saturated rings. The number of aromatic nitrogens is 4. The van der Waals surface area contributed by atoms with Gasteiger partial charge >= 0.3 is 0 Å². The normalized spacial score (nSPS) is 18.8. The number of carbonyl (C=O) groups is 1. The van der Waals surface area contributed by atoms with E-state index in [4.69, 9.17) is 4.74 Å². The van der Waals surface area contributed by atoms with Crippen molar-refractivity contribution in [1.29, 1.82) is 0 Å². The maximum atomic E-state index is 12.5. The average Bonchev–Trinajstić information content (AvgIpc) is 2.93. The summed E-state index contributed by atoms with van der Waals surface area (Å²) < 4.78 is 5.66. The van der Waals surface area contributed by atoms with E-state index in [1.54, 1.807) is 11.0 Å². The van der Waals surface area contributed by atoms with Crippen molar-refractivity contribution in [2.45, 2.75) is 20.0 Å². The van der Waals surface area contributed by atoms with E-state index >= 15 is 0 Å². The first-order valence-electron chi connectivity index (χ1n) is 6.87. The summed E-state index contributed by atoms with van der Waals surface area (Å²) >= 11 is 0. The summed E-state index contributed by atoms with van der Waals surface area (Å²) in [6, 6.07) is 5.44. The number of nitrogens with one attached hydrogen (secondary N) is 1. The van der Waals surface area contributed by atoms with Gasteiger partial charge in [-0.05, 0) is 26.0 Å². The van der Waals surface area contributed by atoms with Gasteiger partial charge in [-0.1, -0.05) is 6.07 Å². The number of aryl methyl sites for hydroxylation is 2. The van der Waals surface area contributed by atoms with Crippen LogP contribution in [-0.2, 0) is 4.74 Å². The summed E-state index contributed by atoms with van der Waals surface area (Å²) in [5, 5.41) is 6.90. The Balaban J connectivity index is 1.75. The van der Waals surface area contributed by atoms with Crippen molar-refractivity contribution in [3.63, 3.8) is 0 Å². The Morgan fingerprint density at radius 3 is 2.95 bits per heavy atom. The van der Waals surface area contributed by atoms with Gasteiger partial charge in [0.05, 0.1) is 13.2 Å². The average molecular weight is 287 g/mol. The van der Waals surface area contributed by atoms with E-state index in [0.29, 0.717) is 31.2 Å². The van der Waals surface area contributed by atoms with E-state index in [-0.39, 0.29) is 12.0 Å². The Morgan fingerprint density at radius 2 is 2.24 bits per heavy atom. The van der Waals surface area contributed by atoms with Gasteiger partial charge in [0.1, 0.15) is 17.6 Å². The summed E-state index contributed by atoms with van der Waals surface area (Å²) in [5.41, 5.74) is 1.29. The van der Waals surface area contributed by atoms with Crippen LogP contribution >= 0.6 is 0 Å². The molecule has 3 rings (SSSR count). The number of hydrogen-bond donors (Lipinski definition) is 1. The van der Waals surface area contributed by atoms with Crippen LogP contribution < -0.4 is 0 Å². The van der Waals surface area contributed by atoms with E-state index in [9.17, 15) is 4.79 Å². The highest BCUT2D eigenvalue weighted by molar-refractivity contribution is 5.92. The second-order valence-electron chi connectivity index (χ2n) is 5.05. The standard InChI is InChI=1S/C14H17N5O2/c1-9-4-3-5-11(15-9)14(20)19-6-7-21-12(8-19)13-16-10(2)17-18-13/h3-5,12H,6-8H2,1-2H3,(H,16,17,18)/t12-/m0/s1. The maximum Gasteiger partial charge on any atom is 0.272 e. The fourth-order valence-corrected chi connectivity index (χ4v) is 2.32. The van der Waals surface area contributed by atoms with E-state index in [1.807, 2.05) is 26.0 Å². The molecule has 3 heterocycles. The lowest BCUT2D eigenvalue weighted by Crippen LogP contribution is -2.42. The SMILES string of the molecule is Cc1cccc(C(=O)N2CCO[C@H](c3n[nH]c(C)n3)C2)n1. The molecular weight excluding hydrogens is 270 g/mol. The van der Waals surface area contributed by atoms with E-state index in [2.05, 4.69) is 20.2 Å². The monoisotopic (exact) mass is 287 g/mol. The van der Waals surface area contributed by atoms with Crippen LogP contribution in [0.3, 0.4) is 0 Å². The Kier molecular flexibility index (Phi) is 3.66. The van der Waals surface area contributed by atoms with Crippen molar-refractivity contribution in [2.24, 2.45) is 0 Å². The Bertz CT molecular complexity index is 654. The largest absolute Gasteiger partial charge is 0.366 e. The van der Waals surface area contributed by atoms with Gasteiger partial charge in [-0.2, -0.15) is 5.10 Å². The Morgan fingerprint density at radius 1 is 1.38 bits per heavy atom. The number of morpholine rings is 1. The molecule has 1 amide bonds. The number of H-pyrrole nitrogens is 1. The number of ether oxygens (including phenoxy) is 1. The number of rotatable bonds is 2. The number of pyridine rings is 1. The van der Waals surface area contributed by atoms with Crippen molar-refractivity contribution in [1.82, 2.24) is 25.1 Å². The lowest BCUT2D eigenvalue weighted by Gasteiger charge is -2.31. The molecule has 1 atom stereocenters. The van der Waals surface area contributed by atoms with Crippen LogP contribution in [0, 0.1) is 13.8 Å². The third kappa shape index (κ3) is 2.92. The molecule has 1 aliphatic heterocycles. The quantitative estimate of drug-likeness (QED) is 0.892. The van der Waals surface area contributed by atoms with Crippen LogP contribution in [0.25, 0.3) is 0 Å². The third-order valence-corrected chi connectivity index (χ3v) is 3.36. The van der Waals surface area contributed by atoms with Crippen molar-refractivity contribution >= 4 is 5.91 Å². The molecule has 1 N–H and O–H groups in total. The second kappa shape index (κ2) is 5.61. The van der Waals surface area contributed by atoms with Crippen LogP contribution in [0.4, 0.5) is 0 Å². The van der Waals surface area contributed by atoms with Gasteiger partial charge in [0.25, 0.3) is 5.91 Å². The van der Waals surface area contributed by atoms with Crippen LogP contribution in [0.5, 0.6) is 0 Å². The zero-order valence-corrected chi connectivity index (χ0v) is 12.0. The van der Waals surface area contributed by atoms with Gasteiger partial charge in [0.15, 0.2) is 5.82 Å². The maximum absolute atomic E-state index is 12.5. The molecule has 110 valence electrons. The lowest BCUT2D eigenvalue weighted by molar-refractivity contribution is -0.0268. The second-order valence-corrected chi connectivity index (χ2v) is 5.05. The van der Waals surface area contributed by atoms with Crippen LogP contribution in [-0.4, -0.2) is 50.7 Å². The highest BCUT2D eigenvalue weighted by Gasteiger charge is 2.28. The predicted molar refractivity (Wildman–Crippen MR) is 74.7 cm³/mol. The summed E-state index contributed by atoms with van der Waals surface area (Å²) in [6.45, 7) is 5.16. The van der Waals surface area contributed by atoms with E-state index in [0.717, 1.165) is 11.5 Å². The molecule has 7 heteroatoms. The fraction of sp³-hybridized carbons (Fsp3) is 0.429. The zero-order chi connectivity index (χ0) is 14.8. The van der Waals surface area contributed by atoms with Gasteiger partial charge in [0, 0.05) is 12.2 Å². The minimum Gasteiger partial charge on any atom is -0.366 e. The number of nitrogens with zero attached hydrogens (tertiary/aromatic N) is 4. The summed E-state index contributed by atoms with van der Waals surface area (Å²) in [6.07, 6.45) is -0.294. The van der Waals surface area contributed by atoms with Crippen molar-refractivity contribution in [3.05, 3.63) is 41.2 Å². The molecule has 7 nitrogen and oxygen atoms in total. The first kappa shape index (κ1) is 13.7. The van der Waals surface area contributed by atoms with E-state index in [1.165, 1.54) is 0 Å². The fourth-order valence-electron chi connectivity index (χ4n) is 2.32. The van der Waals surface area contributed by atoms with Gasteiger partial charge in [0.2, 0.25) is 0 Å². The van der Waals surface area contributed by atoms with Gasteiger partial charge in [-0.15, -0.1) is 0 Å². The summed E-state index contributed by atoms with van der Waals surface area (Å²) in [5.74, 6) is 1.24. The molecular formula is C14H17N5O2. The highest BCUT2D eigenvalue weighted by atomic mass is 16.5. The van der Waals surface area contributed by atoms with Gasteiger partial charge in [-0.3, -0.25) is 9.89 Å². The third-order valence-electron chi connectivity index (χ3n) is 3.36. The Hall–Kier alpha value is -2.28. The van der Waals surface area contributed by atoms with Crippen molar-refractivity contribution in [3.8, 4) is 0 Å². The highest BCUT2D eigenvalue weighted by Crippen LogP contribution is 2.20.